The Balaban J connectivity index is 2.86. The summed E-state index contributed by atoms with van der Waals surface area (Å²) in [6.07, 6.45) is -4.73. The third-order valence-corrected chi connectivity index (χ3v) is 3.53. The summed E-state index contributed by atoms with van der Waals surface area (Å²) in [6.45, 7) is 0. The van der Waals surface area contributed by atoms with Crippen molar-refractivity contribution >= 4 is 40.0 Å². The van der Waals surface area contributed by atoms with Crippen molar-refractivity contribution in [2.24, 2.45) is 0 Å². The zero-order valence-corrected chi connectivity index (χ0v) is 11.8. The van der Waals surface area contributed by atoms with Crippen LogP contribution < -0.4 is 5.32 Å². The lowest BCUT2D eigenvalue weighted by atomic mass is 10.1. The molecule has 0 saturated heterocycles. The zero-order chi connectivity index (χ0) is 16.2. The fourth-order valence-corrected chi connectivity index (χ4v) is 2.30. The number of alkyl halides is 3. The zero-order valence-electron chi connectivity index (χ0n) is 10.2. The second-order valence-corrected chi connectivity index (χ2v) is 5.75. The summed E-state index contributed by atoms with van der Waals surface area (Å²) in [6, 6.07) is 2.76. The number of carbonyl (C=O) groups excluding carboxylic acids is 1. The molecule has 1 aromatic carbocycles. The number of amides is 1. The lowest BCUT2D eigenvalue weighted by Gasteiger charge is -2.14. The molecule has 0 aromatic heterocycles. The van der Waals surface area contributed by atoms with Gasteiger partial charge in [0.2, 0.25) is 5.91 Å². The number of rotatable bonds is 5. The van der Waals surface area contributed by atoms with E-state index in [0.717, 1.165) is 12.1 Å². The summed E-state index contributed by atoms with van der Waals surface area (Å²) in [5.74, 6) is -3.84. The van der Waals surface area contributed by atoms with Crippen molar-refractivity contribution < 1.29 is 32.1 Å². The van der Waals surface area contributed by atoms with Crippen LogP contribution in [0, 0.1) is 0 Å². The number of anilines is 1. The average molecular weight is 344 g/mol. The molecule has 1 atom stereocenters. The Kier molecular flexibility index (Phi) is 5.73. The lowest BCUT2D eigenvalue weighted by molar-refractivity contribution is -0.137. The second-order valence-electron chi connectivity index (χ2n) is 3.86. The van der Waals surface area contributed by atoms with Crippen molar-refractivity contribution in [3.63, 3.8) is 0 Å². The van der Waals surface area contributed by atoms with E-state index >= 15 is 0 Å². The van der Waals surface area contributed by atoms with Gasteiger partial charge in [-0.3, -0.25) is 13.8 Å². The molecule has 1 amide bonds. The van der Waals surface area contributed by atoms with Crippen LogP contribution in [0.1, 0.15) is 5.56 Å². The molecule has 116 valence electrons. The number of carboxylic acid groups (broad SMARTS) is 1. The summed E-state index contributed by atoms with van der Waals surface area (Å²) < 4.78 is 49.5. The topological polar surface area (TPSA) is 83.5 Å². The van der Waals surface area contributed by atoms with Gasteiger partial charge in [0.15, 0.2) is 0 Å². The molecule has 0 heterocycles. The Bertz CT molecular complexity index is 591. The summed E-state index contributed by atoms with van der Waals surface area (Å²) in [5.41, 5.74) is -1.68. The SMILES string of the molecule is O=C(O)C[S@](=O)CC(=O)Nc1ccc(Cl)cc1C(F)(F)F. The van der Waals surface area contributed by atoms with Crippen molar-refractivity contribution in [1.82, 2.24) is 0 Å². The van der Waals surface area contributed by atoms with Crippen molar-refractivity contribution in [2.45, 2.75) is 6.18 Å². The highest BCUT2D eigenvalue weighted by atomic mass is 35.5. The lowest BCUT2D eigenvalue weighted by Crippen LogP contribution is -2.24. The second kappa shape index (κ2) is 6.90. The molecule has 0 aliphatic rings. The normalized spacial score (nSPS) is 12.8. The van der Waals surface area contributed by atoms with Crippen LogP contribution in [-0.2, 0) is 26.6 Å². The minimum atomic E-state index is -4.73. The molecule has 21 heavy (non-hydrogen) atoms. The molecule has 0 unspecified atom stereocenters. The Labute approximate surface area is 124 Å². The van der Waals surface area contributed by atoms with Gasteiger partial charge >= 0.3 is 12.1 Å². The Morgan fingerprint density at radius 1 is 1.29 bits per heavy atom. The molecule has 0 spiro atoms. The molecule has 0 aliphatic carbocycles. The smallest absolute Gasteiger partial charge is 0.418 e. The minimum absolute atomic E-state index is 0.158. The third-order valence-electron chi connectivity index (χ3n) is 2.14. The van der Waals surface area contributed by atoms with E-state index in [2.05, 4.69) is 0 Å². The van der Waals surface area contributed by atoms with E-state index in [0.29, 0.717) is 6.07 Å². The number of hydrogen-bond acceptors (Lipinski definition) is 3. The molecular formula is C11H9ClF3NO4S. The van der Waals surface area contributed by atoms with Gasteiger partial charge in [-0.1, -0.05) is 11.6 Å². The van der Waals surface area contributed by atoms with E-state index in [-0.39, 0.29) is 5.02 Å². The Hall–Kier alpha value is -1.61. The summed E-state index contributed by atoms with van der Waals surface area (Å²) >= 11 is 5.47. The van der Waals surface area contributed by atoms with Crippen LogP contribution in [-0.4, -0.2) is 32.7 Å². The number of benzene rings is 1. The van der Waals surface area contributed by atoms with Crippen LogP contribution >= 0.6 is 11.6 Å². The van der Waals surface area contributed by atoms with E-state index in [1.165, 1.54) is 0 Å². The number of carbonyl (C=O) groups is 2. The Morgan fingerprint density at radius 2 is 1.90 bits per heavy atom. The van der Waals surface area contributed by atoms with Gasteiger partial charge in [0, 0.05) is 15.8 Å². The van der Waals surface area contributed by atoms with Crippen molar-refractivity contribution in [1.29, 1.82) is 0 Å². The maximum Gasteiger partial charge on any atom is 0.418 e. The minimum Gasteiger partial charge on any atom is -0.481 e. The molecular weight excluding hydrogens is 335 g/mol. The molecule has 0 aliphatic heterocycles. The van der Waals surface area contributed by atoms with Crippen molar-refractivity contribution in [3.8, 4) is 0 Å². The van der Waals surface area contributed by atoms with Gasteiger partial charge in [-0.15, -0.1) is 0 Å². The largest absolute Gasteiger partial charge is 0.481 e. The van der Waals surface area contributed by atoms with E-state index < -0.39 is 51.6 Å². The van der Waals surface area contributed by atoms with Gasteiger partial charge < -0.3 is 10.4 Å². The van der Waals surface area contributed by atoms with Crippen LogP contribution in [0.15, 0.2) is 18.2 Å². The monoisotopic (exact) mass is 343 g/mol. The highest BCUT2D eigenvalue weighted by Gasteiger charge is 2.34. The average Bonchev–Trinajstić information content (AvgIpc) is 2.28. The van der Waals surface area contributed by atoms with E-state index in [4.69, 9.17) is 16.7 Å². The molecule has 5 nitrogen and oxygen atoms in total. The molecule has 0 bridgehead atoms. The maximum atomic E-state index is 12.8. The molecule has 2 N–H and O–H groups in total. The predicted molar refractivity (Wildman–Crippen MR) is 70.6 cm³/mol. The fraction of sp³-hybridized carbons (Fsp3) is 0.273. The quantitative estimate of drug-likeness (QED) is 0.858. The number of hydrogen-bond donors (Lipinski definition) is 2. The molecule has 0 radical (unpaired) electrons. The highest BCUT2D eigenvalue weighted by Crippen LogP contribution is 2.36. The van der Waals surface area contributed by atoms with E-state index in [1.807, 2.05) is 5.32 Å². The summed E-state index contributed by atoms with van der Waals surface area (Å²) in [7, 11) is -2.00. The fourth-order valence-electron chi connectivity index (χ4n) is 1.38. The summed E-state index contributed by atoms with van der Waals surface area (Å²) in [4.78, 5) is 21.8. The van der Waals surface area contributed by atoms with Gasteiger partial charge in [0.05, 0.1) is 11.3 Å². The number of carboxylic acids is 1. The van der Waals surface area contributed by atoms with Gasteiger partial charge in [-0.2, -0.15) is 13.2 Å². The molecule has 0 fully saturated rings. The van der Waals surface area contributed by atoms with Crippen molar-refractivity contribution in [3.05, 3.63) is 28.8 Å². The standard InChI is InChI=1S/C11H9ClF3NO4S/c12-6-1-2-8(7(3-6)11(13,14)15)16-9(17)4-21(20)5-10(18)19/h1-3H,4-5H2,(H,16,17)(H,18,19)/t21-/m1/s1. The van der Waals surface area contributed by atoms with Crippen molar-refractivity contribution in [2.75, 3.05) is 16.8 Å². The third kappa shape index (κ3) is 5.72. The number of halogens is 4. The number of aliphatic carboxylic acids is 1. The highest BCUT2D eigenvalue weighted by molar-refractivity contribution is 7.86. The van der Waals surface area contributed by atoms with E-state index in [9.17, 15) is 27.0 Å². The molecule has 10 heteroatoms. The first kappa shape index (κ1) is 17.4. The molecule has 0 saturated carbocycles. The predicted octanol–water partition coefficient (Wildman–Crippen LogP) is 2.13. The van der Waals surface area contributed by atoms with Crippen LogP contribution in [0.25, 0.3) is 0 Å². The van der Waals surface area contributed by atoms with Crippen LogP contribution in [0.5, 0.6) is 0 Å². The molecule has 1 rings (SSSR count). The first-order chi connectivity index (χ1) is 9.59. The van der Waals surface area contributed by atoms with Gasteiger partial charge in [-0.25, -0.2) is 0 Å². The summed E-state index contributed by atoms with van der Waals surface area (Å²) in [5, 5.41) is 10.2. The van der Waals surface area contributed by atoms with Gasteiger partial charge in [0.1, 0.15) is 11.5 Å². The Morgan fingerprint density at radius 3 is 2.43 bits per heavy atom. The first-order valence-electron chi connectivity index (χ1n) is 5.33. The van der Waals surface area contributed by atoms with Crippen LogP contribution in [0.2, 0.25) is 5.02 Å². The number of nitrogens with one attached hydrogen (secondary N) is 1. The van der Waals surface area contributed by atoms with Crippen LogP contribution in [0.3, 0.4) is 0 Å². The molecule has 1 aromatic rings. The first-order valence-corrected chi connectivity index (χ1v) is 7.19. The van der Waals surface area contributed by atoms with E-state index in [1.54, 1.807) is 0 Å². The van der Waals surface area contributed by atoms with Crippen LogP contribution in [0.4, 0.5) is 18.9 Å². The maximum absolute atomic E-state index is 12.8. The van der Waals surface area contributed by atoms with Gasteiger partial charge in [-0.05, 0) is 18.2 Å². The van der Waals surface area contributed by atoms with Gasteiger partial charge in [0.25, 0.3) is 0 Å².